The third kappa shape index (κ3) is 11.7. The van der Waals surface area contributed by atoms with Crippen molar-refractivity contribution in [1.29, 1.82) is 0 Å². The summed E-state index contributed by atoms with van der Waals surface area (Å²) in [6.45, 7) is 1.25. The van der Waals surface area contributed by atoms with Crippen molar-refractivity contribution in [2.24, 2.45) is 0 Å². The van der Waals surface area contributed by atoms with E-state index in [0.29, 0.717) is 52.6 Å². The average molecular weight is 1090 g/mol. The Morgan fingerprint density at radius 1 is 0.803 bits per heavy atom. The SMILES string of the molecule is CNCC(=O)NC(C=O)CN(C(=O)CC(=O)N1CC(NC(=O)[C@H](C)NC)C(=O)N(Cc2c(OC)ccc3cc(Br)ccc23)c2ccccc21)c1ccccc1N(C)Cc1c(OC)ccc2cc(Br)ccc12. The van der Waals surface area contributed by atoms with Crippen LogP contribution in [0.4, 0.5) is 22.7 Å². The number of nitrogens with one attached hydrogen (secondary N) is 4. The molecule has 0 saturated carbocycles. The Morgan fingerprint density at radius 2 is 1.39 bits per heavy atom. The van der Waals surface area contributed by atoms with Crippen LogP contribution in [0.2, 0.25) is 0 Å². The molecule has 4 N–H and O–H groups in total. The van der Waals surface area contributed by atoms with Crippen LogP contribution >= 0.6 is 31.9 Å². The number of halogens is 2. The summed E-state index contributed by atoms with van der Waals surface area (Å²) in [6, 6.07) is 30.3. The number of carbonyl (C=O) groups excluding carboxylic acids is 6. The number of nitrogens with zero attached hydrogens (tertiary/aromatic N) is 4. The van der Waals surface area contributed by atoms with Gasteiger partial charge in [-0.25, -0.2) is 0 Å². The number of methoxy groups -OCH3 is 2. The maximum Gasteiger partial charge on any atom is 0.251 e. The molecule has 1 aliphatic rings. The van der Waals surface area contributed by atoms with Gasteiger partial charge in [0.05, 0.1) is 69.2 Å². The summed E-state index contributed by atoms with van der Waals surface area (Å²) in [5.74, 6) is -1.64. The monoisotopic (exact) mass is 1090 g/mol. The number of ether oxygens (including phenoxy) is 2. The molecule has 3 atom stereocenters. The lowest BCUT2D eigenvalue weighted by Crippen LogP contribution is -2.56. The molecular formula is C53H56Br2N8O8. The van der Waals surface area contributed by atoms with Gasteiger partial charge < -0.3 is 55.1 Å². The van der Waals surface area contributed by atoms with E-state index >= 15 is 14.4 Å². The zero-order valence-corrected chi connectivity index (χ0v) is 43.4. The van der Waals surface area contributed by atoms with Crippen LogP contribution in [-0.4, -0.2) is 109 Å². The molecule has 0 aliphatic carbocycles. The topological polar surface area (TPSA) is 182 Å². The van der Waals surface area contributed by atoms with Crippen LogP contribution < -0.4 is 50.3 Å². The summed E-state index contributed by atoms with van der Waals surface area (Å²) in [6.07, 6.45) is -0.183. The molecular weight excluding hydrogens is 1040 g/mol. The highest BCUT2D eigenvalue weighted by Gasteiger charge is 2.39. The number of amides is 5. The number of benzene rings is 6. The third-order valence-electron chi connectivity index (χ3n) is 12.5. The van der Waals surface area contributed by atoms with Gasteiger partial charge in [0.1, 0.15) is 36.3 Å². The van der Waals surface area contributed by atoms with Crippen molar-refractivity contribution in [3.05, 3.63) is 129 Å². The van der Waals surface area contributed by atoms with Crippen molar-refractivity contribution >= 4 is 112 Å². The molecule has 0 fully saturated rings. The molecule has 6 aromatic carbocycles. The summed E-state index contributed by atoms with van der Waals surface area (Å²) in [5, 5.41) is 14.9. The summed E-state index contributed by atoms with van der Waals surface area (Å²) in [5.41, 5.74) is 3.21. The fraction of sp³-hybridized carbons (Fsp3) is 0.283. The molecule has 1 aliphatic heterocycles. The normalized spacial score (nSPS) is 14.3. The second kappa shape index (κ2) is 23.4. The van der Waals surface area contributed by atoms with E-state index in [9.17, 15) is 14.4 Å². The molecule has 5 amide bonds. The number of aldehydes is 1. The molecule has 18 heteroatoms. The fourth-order valence-corrected chi connectivity index (χ4v) is 9.57. The molecule has 2 unspecified atom stereocenters. The van der Waals surface area contributed by atoms with Gasteiger partial charge in [-0.1, -0.05) is 80.4 Å². The minimum absolute atomic E-state index is 0.000460. The van der Waals surface area contributed by atoms with Crippen molar-refractivity contribution in [2.75, 3.05) is 74.6 Å². The predicted octanol–water partition coefficient (Wildman–Crippen LogP) is 6.47. The number of fused-ring (bicyclic) bond motifs is 3. The van der Waals surface area contributed by atoms with Crippen molar-refractivity contribution in [2.45, 2.75) is 44.6 Å². The van der Waals surface area contributed by atoms with Crippen LogP contribution in [0.5, 0.6) is 11.5 Å². The Kier molecular flexibility index (Phi) is 17.1. The highest BCUT2D eigenvalue weighted by atomic mass is 79.9. The van der Waals surface area contributed by atoms with E-state index in [0.717, 1.165) is 36.1 Å². The maximum absolute atomic E-state index is 15.1. The van der Waals surface area contributed by atoms with Crippen molar-refractivity contribution in [1.82, 2.24) is 21.3 Å². The van der Waals surface area contributed by atoms with E-state index in [1.165, 1.54) is 14.7 Å². The molecule has 0 spiro atoms. The zero-order chi connectivity index (χ0) is 50.9. The molecule has 0 aromatic heterocycles. The lowest BCUT2D eigenvalue weighted by atomic mass is 10.0. The molecule has 16 nitrogen and oxygen atoms in total. The van der Waals surface area contributed by atoms with Crippen molar-refractivity contribution < 1.29 is 38.2 Å². The van der Waals surface area contributed by atoms with E-state index in [2.05, 4.69) is 53.1 Å². The van der Waals surface area contributed by atoms with E-state index in [1.807, 2.05) is 84.7 Å². The minimum Gasteiger partial charge on any atom is -0.496 e. The fourth-order valence-electron chi connectivity index (χ4n) is 8.81. The number of likely N-dealkylation sites (N-methyl/N-ethyl adjacent to an activating group) is 2. The van der Waals surface area contributed by atoms with Gasteiger partial charge in [0, 0.05) is 33.7 Å². The molecule has 0 bridgehead atoms. The van der Waals surface area contributed by atoms with Crippen molar-refractivity contribution in [3.63, 3.8) is 0 Å². The van der Waals surface area contributed by atoms with Gasteiger partial charge >= 0.3 is 0 Å². The van der Waals surface area contributed by atoms with Gasteiger partial charge in [0.25, 0.3) is 5.91 Å². The number of carbonyl (C=O) groups is 6. The van der Waals surface area contributed by atoms with Gasteiger partial charge in [-0.15, -0.1) is 0 Å². The van der Waals surface area contributed by atoms with E-state index in [4.69, 9.17) is 9.47 Å². The molecule has 370 valence electrons. The smallest absolute Gasteiger partial charge is 0.251 e. The van der Waals surface area contributed by atoms with Crippen LogP contribution in [0.15, 0.2) is 118 Å². The Morgan fingerprint density at radius 3 is 2.00 bits per heavy atom. The lowest BCUT2D eigenvalue weighted by molar-refractivity contribution is -0.129. The summed E-state index contributed by atoms with van der Waals surface area (Å²) in [4.78, 5) is 90.5. The van der Waals surface area contributed by atoms with Gasteiger partial charge in [-0.2, -0.15) is 0 Å². The largest absolute Gasteiger partial charge is 0.496 e. The van der Waals surface area contributed by atoms with Crippen LogP contribution in [0.3, 0.4) is 0 Å². The Labute approximate surface area is 429 Å². The Hall–Kier alpha value is -6.86. The molecule has 7 rings (SSSR count). The summed E-state index contributed by atoms with van der Waals surface area (Å²) < 4.78 is 13.5. The van der Waals surface area contributed by atoms with Crippen molar-refractivity contribution in [3.8, 4) is 11.5 Å². The first-order valence-electron chi connectivity index (χ1n) is 22.9. The van der Waals surface area contributed by atoms with Crippen LogP contribution in [0.25, 0.3) is 21.5 Å². The third-order valence-corrected chi connectivity index (χ3v) is 13.5. The molecule has 0 radical (unpaired) electrons. The lowest BCUT2D eigenvalue weighted by Gasteiger charge is -2.32. The van der Waals surface area contributed by atoms with Gasteiger partial charge in [-0.3, -0.25) is 24.0 Å². The van der Waals surface area contributed by atoms with Gasteiger partial charge in [-0.05, 0) is 103 Å². The first-order valence-corrected chi connectivity index (χ1v) is 24.5. The van der Waals surface area contributed by atoms with Gasteiger partial charge in [0.2, 0.25) is 23.6 Å². The first kappa shape index (κ1) is 52.0. The number of hydrogen-bond donors (Lipinski definition) is 4. The minimum atomic E-state index is -1.26. The molecule has 1 heterocycles. The van der Waals surface area contributed by atoms with Crippen LogP contribution in [0, 0.1) is 0 Å². The highest BCUT2D eigenvalue weighted by Crippen LogP contribution is 2.39. The second-order valence-electron chi connectivity index (χ2n) is 17.1. The van der Waals surface area contributed by atoms with E-state index < -0.39 is 54.1 Å². The predicted molar refractivity (Wildman–Crippen MR) is 284 cm³/mol. The number of para-hydroxylation sites is 4. The summed E-state index contributed by atoms with van der Waals surface area (Å²) >= 11 is 7.13. The quantitative estimate of drug-likeness (QED) is 0.0516. The zero-order valence-electron chi connectivity index (χ0n) is 40.3. The van der Waals surface area contributed by atoms with E-state index in [-0.39, 0.29) is 26.2 Å². The Bertz CT molecular complexity index is 2990. The molecule has 71 heavy (non-hydrogen) atoms. The van der Waals surface area contributed by atoms with E-state index in [1.54, 1.807) is 71.6 Å². The summed E-state index contributed by atoms with van der Waals surface area (Å²) in [7, 11) is 8.24. The number of anilines is 4. The van der Waals surface area contributed by atoms with Gasteiger partial charge in [0.15, 0.2) is 0 Å². The Balaban J connectivity index is 1.28. The highest BCUT2D eigenvalue weighted by molar-refractivity contribution is 9.10. The van der Waals surface area contributed by atoms with Crippen LogP contribution in [-0.2, 0) is 41.9 Å². The standard InChI is InChI=1S/C53H56Br2N8O8/c1-32(57-3)52(68)59-42-30-62(45-13-9-10-14-46(45)63(53(42)69)29-41-39-20-18-36(55)24-34(39)16-22-48(41)71-6)51(67)25-50(66)61(27-37(31-64)58-49(65)26-56-2)44-12-8-7-11-43(44)60(4)28-40-38-19-17-35(54)23-33(38)15-21-47(40)70-5/h7-24,31-32,37,42,56-57H,25-30H2,1-6H3,(H,58,65)(H,59,68)/t32-,37?,42?/m0/s1. The average Bonchev–Trinajstić information content (AvgIpc) is 3.48. The number of hydrogen-bond acceptors (Lipinski definition) is 11. The number of rotatable bonds is 19. The second-order valence-corrected chi connectivity index (χ2v) is 18.9. The first-order chi connectivity index (χ1) is 34.2. The van der Waals surface area contributed by atoms with Crippen LogP contribution in [0.1, 0.15) is 24.5 Å². The molecule has 6 aromatic rings. The molecule has 0 saturated heterocycles. The maximum atomic E-state index is 15.1.